The van der Waals surface area contributed by atoms with Crippen LogP contribution in [-0.2, 0) is 0 Å². The van der Waals surface area contributed by atoms with Gasteiger partial charge in [0.1, 0.15) is 0 Å². The van der Waals surface area contributed by atoms with E-state index in [1.165, 1.54) is 14.9 Å². The molecule has 1 atom stereocenters. The van der Waals surface area contributed by atoms with Crippen LogP contribution in [0.15, 0.2) is 46.3 Å². The maximum Gasteiger partial charge on any atom is 0.0431 e. The lowest BCUT2D eigenvalue weighted by atomic mass is 9.93. The molecule has 0 aliphatic carbocycles. The van der Waals surface area contributed by atoms with E-state index in [0.29, 0.717) is 5.92 Å². The molecule has 1 heterocycles. The van der Waals surface area contributed by atoms with Crippen molar-refractivity contribution in [2.75, 3.05) is 6.61 Å². The van der Waals surface area contributed by atoms with Gasteiger partial charge in [-0.15, -0.1) is 11.3 Å². The molecule has 0 fully saturated rings. The predicted octanol–water partition coefficient (Wildman–Crippen LogP) is 4.42. The minimum atomic E-state index is 0.256. The summed E-state index contributed by atoms with van der Waals surface area (Å²) >= 11 is 5.38. The van der Waals surface area contributed by atoms with E-state index < -0.39 is 0 Å². The predicted molar refractivity (Wildman–Crippen MR) is 76.6 cm³/mol. The minimum absolute atomic E-state index is 0.256. The third-order valence-corrected chi connectivity index (χ3v) is 4.80. The highest BCUT2D eigenvalue weighted by Crippen LogP contribution is 2.37. The maximum absolute atomic E-state index is 9.02. The SMILES string of the molecule is OCCCC(c1ccccc1)c1sccc1Br. The summed E-state index contributed by atoms with van der Waals surface area (Å²) in [5.74, 6) is 0.387. The second-order valence-electron chi connectivity index (χ2n) is 3.96. The smallest absolute Gasteiger partial charge is 0.0431 e. The Labute approximate surface area is 114 Å². The molecule has 90 valence electrons. The Balaban J connectivity index is 2.29. The average molecular weight is 311 g/mol. The number of rotatable bonds is 5. The van der Waals surface area contributed by atoms with Crippen molar-refractivity contribution in [3.05, 3.63) is 56.7 Å². The highest BCUT2D eigenvalue weighted by Gasteiger charge is 2.17. The van der Waals surface area contributed by atoms with Crippen LogP contribution in [0.2, 0.25) is 0 Å². The van der Waals surface area contributed by atoms with E-state index >= 15 is 0 Å². The largest absolute Gasteiger partial charge is 0.396 e. The van der Waals surface area contributed by atoms with Gasteiger partial charge in [-0.05, 0) is 45.8 Å². The Morgan fingerprint density at radius 2 is 1.94 bits per heavy atom. The summed E-state index contributed by atoms with van der Waals surface area (Å²) < 4.78 is 1.18. The van der Waals surface area contributed by atoms with Gasteiger partial charge in [-0.1, -0.05) is 30.3 Å². The molecule has 0 bridgehead atoms. The number of thiophene rings is 1. The molecule has 3 heteroatoms. The molecule has 0 saturated carbocycles. The van der Waals surface area contributed by atoms with Gasteiger partial charge >= 0.3 is 0 Å². The number of hydrogen-bond donors (Lipinski definition) is 1. The van der Waals surface area contributed by atoms with Crippen LogP contribution in [0.3, 0.4) is 0 Å². The Bertz CT molecular complexity index is 452. The van der Waals surface area contributed by atoms with E-state index in [-0.39, 0.29) is 6.61 Å². The number of benzene rings is 1. The summed E-state index contributed by atoms with van der Waals surface area (Å²) in [7, 11) is 0. The second-order valence-corrected chi connectivity index (χ2v) is 5.76. The minimum Gasteiger partial charge on any atom is -0.396 e. The summed E-state index contributed by atoms with van der Waals surface area (Å²) in [6, 6.07) is 12.6. The van der Waals surface area contributed by atoms with Crippen LogP contribution in [-0.4, -0.2) is 11.7 Å². The Kier molecular flexibility index (Phi) is 4.77. The second kappa shape index (κ2) is 6.34. The Hall–Kier alpha value is -0.640. The molecular weight excluding hydrogens is 296 g/mol. The first-order chi connectivity index (χ1) is 8.33. The number of halogens is 1. The molecule has 1 nitrogen and oxygen atoms in total. The molecule has 1 aromatic carbocycles. The van der Waals surface area contributed by atoms with Crippen molar-refractivity contribution in [2.24, 2.45) is 0 Å². The van der Waals surface area contributed by atoms with Gasteiger partial charge in [0.15, 0.2) is 0 Å². The molecule has 0 amide bonds. The van der Waals surface area contributed by atoms with Gasteiger partial charge in [0, 0.05) is 21.9 Å². The normalized spacial score (nSPS) is 12.6. The lowest BCUT2D eigenvalue weighted by Gasteiger charge is -2.16. The standard InChI is InChI=1S/C14H15BrOS/c15-13-8-10-17-14(13)12(7-4-9-16)11-5-2-1-3-6-11/h1-3,5-6,8,10,12,16H,4,7,9H2. The highest BCUT2D eigenvalue weighted by atomic mass is 79.9. The molecule has 0 aliphatic heterocycles. The summed E-state index contributed by atoms with van der Waals surface area (Å²) in [6.45, 7) is 0.256. The fourth-order valence-electron chi connectivity index (χ4n) is 1.98. The van der Waals surface area contributed by atoms with Crippen LogP contribution in [0.5, 0.6) is 0 Å². The zero-order chi connectivity index (χ0) is 12.1. The first-order valence-electron chi connectivity index (χ1n) is 5.71. The molecule has 2 aromatic rings. The molecule has 0 radical (unpaired) electrons. The van der Waals surface area contributed by atoms with Crippen LogP contribution in [0.1, 0.15) is 29.2 Å². The number of aliphatic hydroxyl groups is 1. The topological polar surface area (TPSA) is 20.2 Å². The molecule has 0 aliphatic rings. The fraction of sp³-hybridized carbons (Fsp3) is 0.286. The molecule has 0 saturated heterocycles. The number of aliphatic hydroxyl groups excluding tert-OH is 1. The average Bonchev–Trinajstić information content (AvgIpc) is 2.78. The van der Waals surface area contributed by atoms with Gasteiger partial charge in [-0.3, -0.25) is 0 Å². The molecule has 1 unspecified atom stereocenters. The van der Waals surface area contributed by atoms with Crippen molar-refractivity contribution in [1.29, 1.82) is 0 Å². The summed E-state index contributed by atoms with van der Waals surface area (Å²) in [6.07, 6.45) is 1.82. The van der Waals surface area contributed by atoms with Crippen molar-refractivity contribution in [1.82, 2.24) is 0 Å². The summed E-state index contributed by atoms with van der Waals surface area (Å²) in [5.41, 5.74) is 1.32. The molecule has 2 rings (SSSR count). The first-order valence-corrected chi connectivity index (χ1v) is 7.39. The Morgan fingerprint density at radius 3 is 2.53 bits per heavy atom. The number of hydrogen-bond acceptors (Lipinski definition) is 2. The van der Waals surface area contributed by atoms with E-state index in [1.807, 2.05) is 6.07 Å². The zero-order valence-corrected chi connectivity index (χ0v) is 11.9. The third-order valence-electron chi connectivity index (χ3n) is 2.81. The lowest BCUT2D eigenvalue weighted by molar-refractivity contribution is 0.282. The van der Waals surface area contributed by atoms with Crippen LogP contribution >= 0.6 is 27.3 Å². The fourth-order valence-corrected chi connectivity index (χ4v) is 3.80. The molecular formula is C14H15BrOS. The van der Waals surface area contributed by atoms with E-state index in [0.717, 1.165) is 12.8 Å². The Morgan fingerprint density at radius 1 is 1.18 bits per heavy atom. The van der Waals surface area contributed by atoms with Crippen molar-refractivity contribution >= 4 is 27.3 Å². The van der Waals surface area contributed by atoms with Crippen molar-refractivity contribution in [3.8, 4) is 0 Å². The van der Waals surface area contributed by atoms with Gasteiger partial charge in [-0.25, -0.2) is 0 Å². The van der Waals surface area contributed by atoms with E-state index in [4.69, 9.17) is 5.11 Å². The van der Waals surface area contributed by atoms with Crippen LogP contribution in [0.4, 0.5) is 0 Å². The van der Waals surface area contributed by atoms with Crippen LogP contribution < -0.4 is 0 Å². The van der Waals surface area contributed by atoms with Crippen molar-refractivity contribution in [3.63, 3.8) is 0 Å². The van der Waals surface area contributed by atoms with Crippen LogP contribution in [0, 0.1) is 0 Å². The van der Waals surface area contributed by atoms with Gasteiger partial charge in [0.05, 0.1) is 0 Å². The van der Waals surface area contributed by atoms with Crippen molar-refractivity contribution in [2.45, 2.75) is 18.8 Å². The lowest BCUT2D eigenvalue weighted by Crippen LogP contribution is -2.01. The molecule has 1 N–H and O–H groups in total. The third kappa shape index (κ3) is 3.18. The van der Waals surface area contributed by atoms with Gasteiger partial charge < -0.3 is 5.11 Å². The quantitative estimate of drug-likeness (QED) is 0.867. The van der Waals surface area contributed by atoms with Gasteiger partial charge in [0.25, 0.3) is 0 Å². The van der Waals surface area contributed by atoms with E-state index in [9.17, 15) is 0 Å². The maximum atomic E-state index is 9.02. The summed E-state index contributed by atoms with van der Waals surface area (Å²) in [4.78, 5) is 1.35. The van der Waals surface area contributed by atoms with E-state index in [1.54, 1.807) is 11.3 Å². The van der Waals surface area contributed by atoms with Gasteiger partial charge in [-0.2, -0.15) is 0 Å². The van der Waals surface area contributed by atoms with Crippen molar-refractivity contribution < 1.29 is 5.11 Å². The molecule has 1 aromatic heterocycles. The highest BCUT2D eigenvalue weighted by molar-refractivity contribution is 9.10. The molecule has 0 spiro atoms. The monoisotopic (exact) mass is 310 g/mol. The molecule has 17 heavy (non-hydrogen) atoms. The van der Waals surface area contributed by atoms with Crippen LogP contribution in [0.25, 0.3) is 0 Å². The van der Waals surface area contributed by atoms with E-state index in [2.05, 4.69) is 51.6 Å². The summed E-state index contributed by atoms with van der Waals surface area (Å²) in [5, 5.41) is 11.1. The zero-order valence-electron chi connectivity index (χ0n) is 9.47. The van der Waals surface area contributed by atoms with Gasteiger partial charge in [0.2, 0.25) is 0 Å². The first kappa shape index (κ1) is 12.8.